The number of methoxy groups -OCH3 is 1. The van der Waals surface area contributed by atoms with Crippen LogP contribution in [0.2, 0.25) is 5.02 Å². The van der Waals surface area contributed by atoms with Crippen molar-refractivity contribution in [1.29, 1.82) is 0 Å². The van der Waals surface area contributed by atoms with Gasteiger partial charge in [-0.3, -0.25) is 14.5 Å². The third-order valence-electron chi connectivity index (χ3n) is 5.17. The molecule has 1 unspecified atom stereocenters. The Morgan fingerprint density at radius 3 is 2.38 bits per heavy atom. The summed E-state index contributed by atoms with van der Waals surface area (Å²) < 4.78 is 33.4. The van der Waals surface area contributed by atoms with Crippen LogP contribution >= 0.6 is 11.6 Å². The smallest absolute Gasteiger partial charge is 0.300 e. The van der Waals surface area contributed by atoms with Gasteiger partial charge in [-0.2, -0.15) is 0 Å². The summed E-state index contributed by atoms with van der Waals surface area (Å²) in [6, 6.07) is 13.5. The largest absolute Gasteiger partial charge is 0.507 e. The van der Waals surface area contributed by atoms with Crippen LogP contribution in [0.5, 0.6) is 5.75 Å². The third kappa shape index (κ3) is 3.61. The van der Waals surface area contributed by atoms with Crippen molar-refractivity contribution in [1.82, 2.24) is 0 Å². The van der Waals surface area contributed by atoms with Crippen LogP contribution < -0.4 is 9.64 Å². The highest BCUT2D eigenvalue weighted by Crippen LogP contribution is 2.43. The van der Waals surface area contributed by atoms with Gasteiger partial charge in [0.1, 0.15) is 23.1 Å². The number of amides is 1. The van der Waals surface area contributed by atoms with E-state index in [0.29, 0.717) is 0 Å². The van der Waals surface area contributed by atoms with E-state index in [2.05, 4.69) is 0 Å². The molecular formula is C24H16ClF2NO4. The molecule has 1 fully saturated rings. The van der Waals surface area contributed by atoms with Gasteiger partial charge in [0.2, 0.25) is 0 Å². The lowest BCUT2D eigenvalue weighted by Crippen LogP contribution is -2.29. The van der Waals surface area contributed by atoms with Gasteiger partial charge in [0, 0.05) is 16.8 Å². The highest BCUT2D eigenvalue weighted by molar-refractivity contribution is 6.51. The van der Waals surface area contributed by atoms with Crippen LogP contribution in [0.25, 0.3) is 5.76 Å². The number of ether oxygens (including phenoxy) is 1. The summed E-state index contributed by atoms with van der Waals surface area (Å²) in [5, 5.41) is 11.3. The summed E-state index contributed by atoms with van der Waals surface area (Å²) in [7, 11) is 1.39. The van der Waals surface area contributed by atoms with E-state index >= 15 is 0 Å². The van der Waals surface area contributed by atoms with E-state index in [4.69, 9.17) is 16.3 Å². The number of carbonyl (C=O) groups is 2. The van der Waals surface area contributed by atoms with Crippen LogP contribution in [0.1, 0.15) is 17.2 Å². The molecule has 1 N–H and O–H groups in total. The van der Waals surface area contributed by atoms with Crippen LogP contribution in [0.3, 0.4) is 0 Å². The predicted molar refractivity (Wildman–Crippen MR) is 116 cm³/mol. The lowest BCUT2D eigenvalue weighted by Gasteiger charge is -2.25. The zero-order valence-corrected chi connectivity index (χ0v) is 17.4. The van der Waals surface area contributed by atoms with Crippen LogP contribution in [0, 0.1) is 11.6 Å². The number of aliphatic hydroxyl groups excluding tert-OH is 1. The fourth-order valence-electron chi connectivity index (χ4n) is 3.65. The Hall–Kier alpha value is -3.71. The van der Waals surface area contributed by atoms with Crippen LogP contribution in [-0.2, 0) is 9.59 Å². The average Bonchev–Trinajstić information content (AvgIpc) is 3.05. The van der Waals surface area contributed by atoms with Crippen molar-refractivity contribution in [2.75, 3.05) is 12.0 Å². The highest BCUT2D eigenvalue weighted by Gasteiger charge is 2.47. The summed E-state index contributed by atoms with van der Waals surface area (Å²) in [4.78, 5) is 27.0. The van der Waals surface area contributed by atoms with Crippen molar-refractivity contribution in [2.24, 2.45) is 0 Å². The first kappa shape index (κ1) is 21.5. The molecule has 32 heavy (non-hydrogen) atoms. The molecule has 3 aromatic carbocycles. The van der Waals surface area contributed by atoms with Gasteiger partial charge in [-0.15, -0.1) is 0 Å². The Kier molecular flexibility index (Phi) is 5.67. The van der Waals surface area contributed by atoms with Gasteiger partial charge in [0.15, 0.2) is 0 Å². The van der Waals surface area contributed by atoms with Crippen LogP contribution in [0.4, 0.5) is 14.5 Å². The average molecular weight is 456 g/mol. The molecule has 1 aliphatic heterocycles. The number of aliphatic hydroxyl groups is 1. The molecule has 8 heteroatoms. The number of hydrogen-bond donors (Lipinski definition) is 1. The Bertz CT molecular complexity index is 1260. The van der Waals surface area contributed by atoms with Gasteiger partial charge in [-0.05, 0) is 48.5 Å². The molecule has 1 amide bonds. The Morgan fingerprint density at radius 1 is 1.03 bits per heavy atom. The second kappa shape index (κ2) is 8.43. The van der Waals surface area contributed by atoms with Gasteiger partial charge in [0.05, 0.1) is 23.7 Å². The zero-order valence-electron chi connectivity index (χ0n) is 16.7. The Labute approximate surface area is 187 Å². The summed E-state index contributed by atoms with van der Waals surface area (Å²) in [5.74, 6) is -3.48. The SMILES string of the molecule is COc1cc(/C(O)=C2\C(=O)C(=O)N(c3ccc(F)cc3)C2c2ccccc2F)ccc1Cl. The molecule has 0 bridgehead atoms. The van der Waals surface area contributed by atoms with E-state index in [9.17, 15) is 23.5 Å². The van der Waals surface area contributed by atoms with Crippen molar-refractivity contribution in [3.05, 3.63) is 100 Å². The first-order valence-corrected chi connectivity index (χ1v) is 9.86. The molecule has 0 saturated carbocycles. The minimum Gasteiger partial charge on any atom is -0.507 e. The quantitative estimate of drug-likeness (QED) is 0.331. The van der Waals surface area contributed by atoms with Gasteiger partial charge in [-0.25, -0.2) is 8.78 Å². The number of halogens is 3. The van der Waals surface area contributed by atoms with Crippen LogP contribution in [-0.4, -0.2) is 23.9 Å². The van der Waals surface area contributed by atoms with Gasteiger partial charge >= 0.3 is 0 Å². The number of hydrogen-bond acceptors (Lipinski definition) is 4. The predicted octanol–water partition coefficient (Wildman–Crippen LogP) is 5.25. The summed E-state index contributed by atoms with van der Waals surface area (Å²) in [6.45, 7) is 0. The van der Waals surface area contributed by atoms with E-state index in [1.54, 1.807) is 6.07 Å². The standard InChI is InChI=1S/C24H16ClF2NO4/c1-32-19-12-13(6-11-17(19)25)22(29)20-21(16-4-2-3-5-18(16)27)28(24(31)23(20)30)15-9-7-14(26)8-10-15/h2-12,21,29H,1H3/b22-20+. The van der Waals surface area contributed by atoms with Crippen molar-refractivity contribution in [2.45, 2.75) is 6.04 Å². The number of benzene rings is 3. The second-order valence-corrected chi connectivity index (χ2v) is 7.42. The van der Waals surface area contributed by atoms with E-state index in [0.717, 1.165) is 17.0 Å². The third-order valence-corrected chi connectivity index (χ3v) is 5.49. The molecule has 1 atom stereocenters. The molecule has 0 spiro atoms. The van der Waals surface area contributed by atoms with E-state index in [1.807, 2.05) is 0 Å². The maximum Gasteiger partial charge on any atom is 0.300 e. The maximum absolute atomic E-state index is 14.8. The van der Waals surface area contributed by atoms with Gasteiger partial charge in [0.25, 0.3) is 11.7 Å². The fourth-order valence-corrected chi connectivity index (χ4v) is 3.85. The van der Waals surface area contributed by atoms with Gasteiger partial charge < -0.3 is 9.84 Å². The van der Waals surface area contributed by atoms with Gasteiger partial charge in [-0.1, -0.05) is 29.8 Å². The molecule has 3 aromatic rings. The summed E-state index contributed by atoms with van der Waals surface area (Å²) >= 11 is 6.04. The molecule has 162 valence electrons. The summed E-state index contributed by atoms with van der Waals surface area (Å²) in [5.41, 5.74) is 0.0199. The monoisotopic (exact) mass is 455 g/mol. The molecule has 0 aliphatic carbocycles. The van der Waals surface area contributed by atoms with Crippen LogP contribution in [0.15, 0.2) is 72.3 Å². The number of nitrogens with zero attached hydrogens (tertiary/aromatic N) is 1. The molecule has 0 aromatic heterocycles. The minimum absolute atomic E-state index is 0.00139. The highest BCUT2D eigenvalue weighted by atomic mass is 35.5. The topological polar surface area (TPSA) is 66.8 Å². The van der Waals surface area contributed by atoms with Crippen molar-refractivity contribution in [3.8, 4) is 5.75 Å². The zero-order chi connectivity index (χ0) is 23.0. The molecule has 1 saturated heterocycles. The van der Waals surface area contributed by atoms with E-state index < -0.39 is 35.1 Å². The van der Waals surface area contributed by atoms with Crippen molar-refractivity contribution < 1.29 is 28.2 Å². The number of ketones is 1. The Balaban J connectivity index is 1.97. The first-order chi connectivity index (χ1) is 15.3. The normalized spacial score (nSPS) is 17.6. The summed E-state index contributed by atoms with van der Waals surface area (Å²) in [6.07, 6.45) is 0. The molecule has 1 heterocycles. The molecule has 4 rings (SSSR count). The number of Topliss-reactive ketones (excluding diaryl/α,β-unsaturated/α-hetero) is 1. The minimum atomic E-state index is -1.27. The molecule has 1 aliphatic rings. The van der Waals surface area contributed by atoms with E-state index in [-0.39, 0.29) is 33.2 Å². The molecule has 5 nitrogen and oxygen atoms in total. The molecular weight excluding hydrogens is 440 g/mol. The lowest BCUT2D eigenvalue weighted by atomic mass is 9.94. The number of anilines is 1. The fraction of sp³-hybridized carbons (Fsp3) is 0.0833. The Morgan fingerprint density at radius 2 is 1.72 bits per heavy atom. The van der Waals surface area contributed by atoms with E-state index in [1.165, 1.54) is 55.6 Å². The number of rotatable bonds is 4. The van der Waals surface area contributed by atoms with Crippen molar-refractivity contribution >= 4 is 34.7 Å². The first-order valence-electron chi connectivity index (χ1n) is 9.48. The second-order valence-electron chi connectivity index (χ2n) is 7.02. The molecule has 0 radical (unpaired) electrons. The number of carbonyl (C=O) groups excluding carboxylic acids is 2. The van der Waals surface area contributed by atoms with Crippen molar-refractivity contribution in [3.63, 3.8) is 0 Å². The maximum atomic E-state index is 14.8. The lowest BCUT2D eigenvalue weighted by molar-refractivity contribution is -0.132.